The van der Waals surface area contributed by atoms with E-state index in [4.69, 9.17) is 4.74 Å². The van der Waals surface area contributed by atoms with E-state index in [1.54, 1.807) is 55.6 Å². The summed E-state index contributed by atoms with van der Waals surface area (Å²) < 4.78 is 47.0. The standard InChI is InChI=1S/C35H36FN3O5S/c1-44-32-10-6-5-9-28(32)23-37-35(41)34(27-7-3-2-4-8-27)39(24-26-11-16-29(36)17-12-26)33(40)22-15-25-13-20-31(21-14-25)45(42,43)38-30-18-19-30/h2-14,16-17,20-21,30,34,38H,15,18-19,22-24H2,1H3,(H,37,41)/t34-/m1/s1. The highest BCUT2D eigenvalue weighted by molar-refractivity contribution is 7.89. The lowest BCUT2D eigenvalue weighted by Crippen LogP contribution is -2.43. The van der Waals surface area contributed by atoms with Gasteiger partial charge in [0.2, 0.25) is 21.8 Å². The van der Waals surface area contributed by atoms with Crippen molar-refractivity contribution < 1.29 is 27.1 Å². The molecular weight excluding hydrogens is 593 g/mol. The van der Waals surface area contributed by atoms with Crippen LogP contribution in [-0.4, -0.2) is 38.3 Å². The molecule has 1 saturated carbocycles. The zero-order chi connectivity index (χ0) is 31.8. The molecule has 0 bridgehead atoms. The third-order valence-electron chi connectivity index (χ3n) is 7.67. The predicted molar refractivity (Wildman–Crippen MR) is 169 cm³/mol. The maximum atomic E-state index is 14.0. The normalized spacial score (nSPS) is 13.6. The molecule has 0 aliphatic heterocycles. The average molecular weight is 630 g/mol. The summed E-state index contributed by atoms with van der Waals surface area (Å²) in [6.45, 7) is 0.264. The predicted octanol–water partition coefficient (Wildman–Crippen LogP) is 5.29. The van der Waals surface area contributed by atoms with Gasteiger partial charge in [-0.25, -0.2) is 17.5 Å². The van der Waals surface area contributed by atoms with Gasteiger partial charge in [-0.15, -0.1) is 0 Å². The molecule has 234 valence electrons. The first-order chi connectivity index (χ1) is 21.7. The minimum absolute atomic E-state index is 0.00358. The van der Waals surface area contributed by atoms with Gasteiger partial charge < -0.3 is 15.0 Å². The number of carbonyl (C=O) groups is 2. The number of ether oxygens (including phenoxy) is 1. The fourth-order valence-corrected chi connectivity index (χ4v) is 6.37. The van der Waals surface area contributed by atoms with Crippen LogP contribution >= 0.6 is 0 Å². The van der Waals surface area contributed by atoms with Crippen LogP contribution < -0.4 is 14.8 Å². The molecule has 1 atom stereocenters. The first kappa shape index (κ1) is 31.9. The number of methoxy groups -OCH3 is 1. The van der Waals surface area contributed by atoms with Crippen molar-refractivity contribution in [1.82, 2.24) is 14.9 Å². The molecule has 0 unspecified atom stereocenters. The monoisotopic (exact) mass is 629 g/mol. The van der Waals surface area contributed by atoms with Crippen molar-refractivity contribution in [3.05, 3.63) is 131 Å². The summed E-state index contributed by atoms with van der Waals surface area (Å²) in [4.78, 5) is 29.6. The number of amides is 2. The Morgan fingerprint density at radius 1 is 0.889 bits per heavy atom. The third kappa shape index (κ3) is 8.55. The zero-order valence-corrected chi connectivity index (χ0v) is 25.8. The van der Waals surface area contributed by atoms with Gasteiger partial charge in [0.15, 0.2) is 0 Å². The van der Waals surface area contributed by atoms with E-state index in [1.165, 1.54) is 17.0 Å². The van der Waals surface area contributed by atoms with E-state index in [0.717, 1.165) is 24.0 Å². The molecule has 45 heavy (non-hydrogen) atoms. The molecule has 1 fully saturated rings. The lowest BCUT2D eigenvalue weighted by atomic mass is 10.0. The molecular formula is C35H36FN3O5S. The zero-order valence-electron chi connectivity index (χ0n) is 25.0. The summed E-state index contributed by atoms with van der Waals surface area (Å²) in [5.74, 6) is -0.424. The number of nitrogens with one attached hydrogen (secondary N) is 2. The third-order valence-corrected chi connectivity index (χ3v) is 9.20. The lowest BCUT2D eigenvalue weighted by Gasteiger charge is -2.32. The second-order valence-electron chi connectivity index (χ2n) is 11.0. The molecule has 5 rings (SSSR count). The molecule has 0 aromatic heterocycles. The molecule has 10 heteroatoms. The second kappa shape index (κ2) is 14.5. The molecule has 1 aliphatic rings. The van der Waals surface area contributed by atoms with Crippen molar-refractivity contribution in [1.29, 1.82) is 0 Å². The van der Waals surface area contributed by atoms with Crippen molar-refractivity contribution in [2.75, 3.05) is 7.11 Å². The summed E-state index contributed by atoms with van der Waals surface area (Å²) in [6.07, 6.45) is 2.09. The van der Waals surface area contributed by atoms with E-state index < -0.39 is 21.9 Å². The highest BCUT2D eigenvalue weighted by atomic mass is 32.2. The largest absolute Gasteiger partial charge is 0.496 e. The van der Waals surface area contributed by atoms with Crippen LogP contribution in [0.5, 0.6) is 5.75 Å². The fraction of sp³-hybridized carbons (Fsp3) is 0.257. The minimum Gasteiger partial charge on any atom is -0.496 e. The van der Waals surface area contributed by atoms with Gasteiger partial charge in [0.05, 0.1) is 12.0 Å². The quantitative estimate of drug-likeness (QED) is 0.197. The van der Waals surface area contributed by atoms with Crippen molar-refractivity contribution in [2.45, 2.75) is 55.8 Å². The molecule has 0 spiro atoms. The van der Waals surface area contributed by atoms with Crippen LogP contribution in [0, 0.1) is 5.82 Å². The molecule has 0 saturated heterocycles. The molecule has 2 amide bonds. The Kier molecular flexibility index (Phi) is 10.3. The van der Waals surface area contributed by atoms with Gasteiger partial charge in [0.25, 0.3) is 0 Å². The number of hydrogen-bond acceptors (Lipinski definition) is 5. The van der Waals surface area contributed by atoms with Gasteiger partial charge in [-0.3, -0.25) is 9.59 Å². The van der Waals surface area contributed by atoms with Gasteiger partial charge >= 0.3 is 0 Å². The number of rotatable bonds is 14. The van der Waals surface area contributed by atoms with Gasteiger partial charge in [-0.2, -0.15) is 0 Å². The number of hydrogen-bond donors (Lipinski definition) is 2. The Labute approximate surface area is 263 Å². The number of nitrogens with zero attached hydrogens (tertiary/aromatic N) is 1. The Morgan fingerprint density at radius 3 is 2.20 bits per heavy atom. The summed E-state index contributed by atoms with van der Waals surface area (Å²) >= 11 is 0. The van der Waals surface area contributed by atoms with Crippen molar-refractivity contribution >= 4 is 21.8 Å². The van der Waals surface area contributed by atoms with Crippen LogP contribution in [0.15, 0.2) is 108 Å². The van der Waals surface area contributed by atoms with E-state index in [2.05, 4.69) is 10.0 Å². The Hall–Kier alpha value is -4.54. The molecule has 8 nitrogen and oxygen atoms in total. The van der Waals surface area contributed by atoms with Crippen LogP contribution in [0.2, 0.25) is 0 Å². The minimum atomic E-state index is -3.58. The van der Waals surface area contributed by atoms with E-state index in [9.17, 15) is 22.4 Å². The number of sulfonamides is 1. The highest BCUT2D eigenvalue weighted by Crippen LogP contribution is 2.27. The smallest absolute Gasteiger partial charge is 0.247 e. The number of halogens is 1. The van der Waals surface area contributed by atoms with Crippen LogP contribution in [0.4, 0.5) is 4.39 Å². The summed E-state index contributed by atoms with van der Waals surface area (Å²) in [6, 6.07) is 27.8. The first-order valence-electron chi connectivity index (χ1n) is 14.8. The number of carbonyl (C=O) groups excluding carboxylic acids is 2. The van der Waals surface area contributed by atoms with Crippen LogP contribution in [0.25, 0.3) is 0 Å². The molecule has 4 aromatic carbocycles. The van der Waals surface area contributed by atoms with Crippen LogP contribution in [0.1, 0.15) is 47.6 Å². The van der Waals surface area contributed by atoms with Crippen LogP contribution in [-0.2, 0) is 39.1 Å². The van der Waals surface area contributed by atoms with Crippen LogP contribution in [0.3, 0.4) is 0 Å². The highest BCUT2D eigenvalue weighted by Gasteiger charge is 2.32. The summed E-state index contributed by atoms with van der Waals surface area (Å²) in [5.41, 5.74) is 2.87. The van der Waals surface area contributed by atoms with Gasteiger partial charge in [-0.05, 0) is 66.3 Å². The topological polar surface area (TPSA) is 105 Å². The van der Waals surface area contributed by atoms with Crippen molar-refractivity contribution in [3.8, 4) is 5.75 Å². The maximum absolute atomic E-state index is 14.0. The number of aryl methyl sites for hydroxylation is 1. The summed E-state index contributed by atoms with van der Waals surface area (Å²) in [7, 11) is -2.02. The number of benzene rings is 4. The first-order valence-corrected chi connectivity index (χ1v) is 16.3. The Morgan fingerprint density at radius 2 is 1.53 bits per heavy atom. The fourth-order valence-electron chi connectivity index (χ4n) is 5.06. The molecule has 2 N–H and O–H groups in total. The summed E-state index contributed by atoms with van der Waals surface area (Å²) in [5, 5.41) is 2.98. The molecule has 1 aliphatic carbocycles. The van der Waals surface area contributed by atoms with E-state index >= 15 is 0 Å². The van der Waals surface area contributed by atoms with E-state index in [-0.39, 0.29) is 42.3 Å². The van der Waals surface area contributed by atoms with Crippen molar-refractivity contribution in [3.63, 3.8) is 0 Å². The maximum Gasteiger partial charge on any atom is 0.247 e. The second-order valence-corrected chi connectivity index (χ2v) is 12.7. The van der Waals surface area contributed by atoms with Gasteiger partial charge in [0.1, 0.15) is 17.6 Å². The van der Waals surface area contributed by atoms with E-state index in [0.29, 0.717) is 23.3 Å². The van der Waals surface area contributed by atoms with E-state index in [1.807, 2.05) is 42.5 Å². The molecule has 4 aromatic rings. The van der Waals surface area contributed by atoms with Gasteiger partial charge in [-0.1, -0.05) is 72.8 Å². The SMILES string of the molecule is COc1ccccc1CNC(=O)[C@@H](c1ccccc1)N(Cc1ccc(F)cc1)C(=O)CCc1ccc(S(=O)(=O)NC2CC2)cc1. The van der Waals surface area contributed by atoms with Gasteiger partial charge in [0, 0.05) is 31.1 Å². The Bertz CT molecular complexity index is 1710. The lowest BCUT2D eigenvalue weighted by molar-refractivity contribution is -0.141. The number of para-hydroxylation sites is 1. The Balaban J connectivity index is 1.38. The molecule has 0 radical (unpaired) electrons. The van der Waals surface area contributed by atoms with Crippen molar-refractivity contribution in [2.24, 2.45) is 0 Å². The molecule has 0 heterocycles. The average Bonchev–Trinajstić information content (AvgIpc) is 3.87.